The van der Waals surface area contributed by atoms with Crippen molar-refractivity contribution in [3.05, 3.63) is 29.3 Å². The minimum absolute atomic E-state index is 0.0287. The minimum Gasteiger partial charge on any atom is -0.478 e. The highest BCUT2D eigenvalue weighted by atomic mass is 19.2. The largest absolute Gasteiger partial charge is 0.478 e. The van der Waals surface area contributed by atoms with Gasteiger partial charge in [-0.2, -0.15) is 0 Å². The highest BCUT2D eigenvalue weighted by Gasteiger charge is 2.19. The Kier molecular flexibility index (Phi) is 4.39. The molecule has 0 saturated heterocycles. The van der Waals surface area contributed by atoms with Crippen LogP contribution in [0.5, 0.6) is 0 Å². The van der Waals surface area contributed by atoms with Gasteiger partial charge in [-0.1, -0.05) is 0 Å². The molecule has 0 aromatic heterocycles. The van der Waals surface area contributed by atoms with Gasteiger partial charge >= 0.3 is 5.97 Å². The topological polar surface area (TPSA) is 66.6 Å². The minimum atomic E-state index is -1.49. The van der Waals surface area contributed by atoms with Crippen LogP contribution < -0.4 is 10.6 Å². The number of aromatic carboxylic acids is 1. The fraction of sp³-hybridized carbons (Fsp3) is 0.364. The number of rotatable bonds is 5. The highest BCUT2D eigenvalue weighted by Crippen LogP contribution is 2.23. The van der Waals surface area contributed by atoms with Crippen LogP contribution in [0.15, 0.2) is 12.1 Å². The van der Waals surface area contributed by atoms with Crippen molar-refractivity contribution in [2.45, 2.75) is 6.42 Å². The summed E-state index contributed by atoms with van der Waals surface area (Å²) in [7, 11) is 1.59. The summed E-state index contributed by atoms with van der Waals surface area (Å²) in [5.74, 6) is -3.98. The summed E-state index contributed by atoms with van der Waals surface area (Å²) in [4.78, 5) is 12.1. The van der Waals surface area contributed by atoms with Gasteiger partial charge in [-0.15, -0.1) is 0 Å². The molecule has 0 aliphatic rings. The van der Waals surface area contributed by atoms with Crippen LogP contribution in [0.3, 0.4) is 0 Å². The van der Waals surface area contributed by atoms with Gasteiger partial charge in [-0.05, 0) is 25.1 Å². The van der Waals surface area contributed by atoms with Crippen LogP contribution in [0.4, 0.5) is 14.5 Å². The van der Waals surface area contributed by atoms with Crippen molar-refractivity contribution in [2.24, 2.45) is 5.73 Å². The van der Waals surface area contributed by atoms with Crippen LogP contribution in [0.2, 0.25) is 0 Å². The van der Waals surface area contributed by atoms with Crippen molar-refractivity contribution in [3.63, 3.8) is 0 Å². The van der Waals surface area contributed by atoms with Gasteiger partial charge in [-0.3, -0.25) is 0 Å². The summed E-state index contributed by atoms with van der Waals surface area (Å²) < 4.78 is 27.0. The third kappa shape index (κ3) is 2.91. The number of benzene rings is 1. The van der Waals surface area contributed by atoms with Crippen LogP contribution in [0.25, 0.3) is 0 Å². The third-order valence-electron chi connectivity index (χ3n) is 2.40. The van der Waals surface area contributed by atoms with E-state index < -0.39 is 23.2 Å². The first-order valence-electron chi connectivity index (χ1n) is 5.11. The summed E-state index contributed by atoms with van der Waals surface area (Å²) in [5, 5.41) is 8.62. The van der Waals surface area contributed by atoms with Crippen molar-refractivity contribution in [2.75, 3.05) is 25.0 Å². The molecule has 0 spiro atoms. The Bertz CT molecular complexity index is 424. The summed E-state index contributed by atoms with van der Waals surface area (Å²) in [6.45, 7) is 0.918. The first kappa shape index (κ1) is 13.4. The van der Waals surface area contributed by atoms with E-state index in [9.17, 15) is 13.6 Å². The van der Waals surface area contributed by atoms with E-state index in [0.29, 0.717) is 19.5 Å². The number of nitrogens with two attached hydrogens (primary N) is 1. The maximum absolute atomic E-state index is 13.6. The molecule has 0 radical (unpaired) electrons. The molecular weight excluding hydrogens is 230 g/mol. The van der Waals surface area contributed by atoms with Crippen LogP contribution in [0, 0.1) is 11.6 Å². The van der Waals surface area contributed by atoms with E-state index in [1.165, 1.54) is 11.0 Å². The molecule has 1 aromatic carbocycles. The molecule has 0 fully saturated rings. The summed E-state index contributed by atoms with van der Waals surface area (Å²) in [5.41, 5.74) is 4.68. The number of hydrogen-bond acceptors (Lipinski definition) is 3. The van der Waals surface area contributed by atoms with Crippen molar-refractivity contribution in [1.29, 1.82) is 0 Å². The van der Waals surface area contributed by atoms with Gasteiger partial charge < -0.3 is 15.7 Å². The number of carboxylic acids is 1. The Labute approximate surface area is 97.6 Å². The van der Waals surface area contributed by atoms with Gasteiger partial charge in [0, 0.05) is 13.6 Å². The maximum atomic E-state index is 13.6. The lowest BCUT2D eigenvalue weighted by atomic mass is 10.1. The predicted molar refractivity (Wildman–Crippen MR) is 60.3 cm³/mol. The zero-order valence-corrected chi connectivity index (χ0v) is 9.41. The van der Waals surface area contributed by atoms with E-state index in [2.05, 4.69) is 0 Å². The monoisotopic (exact) mass is 244 g/mol. The molecule has 0 heterocycles. The molecule has 0 atom stereocenters. The number of halogens is 2. The third-order valence-corrected chi connectivity index (χ3v) is 2.40. The molecule has 1 aromatic rings. The summed E-state index contributed by atoms with van der Waals surface area (Å²) in [6, 6.07) is 2.30. The second-order valence-corrected chi connectivity index (χ2v) is 3.63. The van der Waals surface area contributed by atoms with E-state index in [1.807, 2.05) is 0 Å². The molecular formula is C11H14F2N2O2. The lowest BCUT2D eigenvalue weighted by Gasteiger charge is -2.20. The lowest BCUT2D eigenvalue weighted by molar-refractivity contribution is 0.0690. The normalized spacial score (nSPS) is 10.4. The number of carboxylic acid groups (broad SMARTS) is 1. The molecule has 0 bridgehead atoms. The van der Waals surface area contributed by atoms with Crippen LogP contribution in [0.1, 0.15) is 16.8 Å². The van der Waals surface area contributed by atoms with E-state index in [0.717, 1.165) is 6.07 Å². The van der Waals surface area contributed by atoms with Crippen molar-refractivity contribution >= 4 is 11.7 Å². The van der Waals surface area contributed by atoms with E-state index in [1.54, 1.807) is 7.05 Å². The number of carbonyl (C=O) groups is 1. The number of anilines is 1. The number of hydrogen-bond donors (Lipinski definition) is 2. The summed E-state index contributed by atoms with van der Waals surface area (Å²) >= 11 is 0. The number of nitrogens with zero attached hydrogens (tertiary/aromatic N) is 1. The van der Waals surface area contributed by atoms with Crippen LogP contribution in [-0.4, -0.2) is 31.2 Å². The molecule has 3 N–H and O–H groups in total. The SMILES string of the molecule is CN(CCCN)c1ccc(C(=O)O)c(F)c1F. The zero-order chi connectivity index (χ0) is 13.0. The van der Waals surface area contributed by atoms with Crippen molar-refractivity contribution < 1.29 is 18.7 Å². The zero-order valence-electron chi connectivity index (χ0n) is 9.41. The molecule has 17 heavy (non-hydrogen) atoms. The van der Waals surface area contributed by atoms with Crippen LogP contribution in [-0.2, 0) is 0 Å². The quantitative estimate of drug-likeness (QED) is 0.822. The summed E-state index contributed by atoms with van der Waals surface area (Å²) in [6.07, 6.45) is 0.637. The molecule has 0 aliphatic carbocycles. The molecule has 94 valence electrons. The lowest BCUT2D eigenvalue weighted by Crippen LogP contribution is -2.22. The van der Waals surface area contributed by atoms with Gasteiger partial charge in [0.05, 0.1) is 11.3 Å². The molecule has 0 saturated carbocycles. The standard InChI is InChI=1S/C11H14F2N2O2/c1-15(6-2-5-14)8-4-3-7(11(16)17)9(12)10(8)13/h3-4H,2,5-6,14H2,1H3,(H,16,17). The first-order chi connectivity index (χ1) is 7.99. The Morgan fingerprint density at radius 2 is 2.06 bits per heavy atom. The predicted octanol–water partition coefficient (Wildman–Crippen LogP) is 1.45. The highest BCUT2D eigenvalue weighted by molar-refractivity contribution is 5.88. The molecule has 0 amide bonds. The fourth-order valence-corrected chi connectivity index (χ4v) is 1.45. The van der Waals surface area contributed by atoms with Gasteiger partial charge in [0.1, 0.15) is 0 Å². The first-order valence-corrected chi connectivity index (χ1v) is 5.11. The molecule has 1 rings (SSSR count). The van der Waals surface area contributed by atoms with Gasteiger partial charge in [0.2, 0.25) is 0 Å². The maximum Gasteiger partial charge on any atom is 0.338 e. The average molecular weight is 244 g/mol. The second kappa shape index (κ2) is 5.58. The Balaban J connectivity index is 3.03. The molecule has 0 aliphatic heterocycles. The van der Waals surface area contributed by atoms with E-state index >= 15 is 0 Å². The van der Waals surface area contributed by atoms with Crippen molar-refractivity contribution in [3.8, 4) is 0 Å². The van der Waals surface area contributed by atoms with Gasteiger partial charge in [-0.25, -0.2) is 13.6 Å². The Morgan fingerprint density at radius 3 is 2.59 bits per heavy atom. The second-order valence-electron chi connectivity index (χ2n) is 3.63. The smallest absolute Gasteiger partial charge is 0.338 e. The molecule has 4 nitrogen and oxygen atoms in total. The van der Waals surface area contributed by atoms with Gasteiger partial charge in [0.15, 0.2) is 11.6 Å². The van der Waals surface area contributed by atoms with Crippen LogP contribution >= 0.6 is 0 Å². The Morgan fingerprint density at radius 1 is 1.41 bits per heavy atom. The Hall–Kier alpha value is -1.69. The van der Waals surface area contributed by atoms with E-state index in [4.69, 9.17) is 10.8 Å². The van der Waals surface area contributed by atoms with Crippen molar-refractivity contribution in [1.82, 2.24) is 0 Å². The fourth-order valence-electron chi connectivity index (χ4n) is 1.45. The molecule has 0 unspecified atom stereocenters. The molecule has 6 heteroatoms. The van der Waals surface area contributed by atoms with Gasteiger partial charge in [0.25, 0.3) is 0 Å². The van der Waals surface area contributed by atoms with E-state index in [-0.39, 0.29) is 5.69 Å². The average Bonchev–Trinajstić information content (AvgIpc) is 2.29.